The Morgan fingerprint density at radius 2 is 1.73 bits per heavy atom. The summed E-state index contributed by atoms with van der Waals surface area (Å²) in [6.45, 7) is 3.99. The number of nitrogens with zero attached hydrogens (tertiary/aromatic N) is 1. The van der Waals surface area contributed by atoms with Crippen molar-refractivity contribution in [1.29, 1.82) is 0 Å². The Hall–Kier alpha value is -2.67. The molecule has 26 heavy (non-hydrogen) atoms. The van der Waals surface area contributed by atoms with E-state index in [0.29, 0.717) is 17.7 Å². The second-order valence-corrected chi connectivity index (χ2v) is 8.23. The molecule has 1 amide bonds. The molecule has 0 fully saturated rings. The van der Waals surface area contributed by atoms with Gasteiger partial charge < -0.3 is 5.32 Å². The lowest BCUT2D eigenvalue weighted by Gasteiger charge is -2.16. The number of para-hydroxylation sites is 1. The van der Waals surface area contributed by atoms with Gasteiger partial charge in [0, 0.05) is 11.3 Å². The van der Waals surface area contributed by atoms with Crippen LogP contribution in [0.25, 0.3) is 0 Å². The summed E-state index contributed by atoms with van der Waals surface area (Å²) in [6, 6.07) is 15.1. The summed E-state index contributed by atoms with van der Waals surface area (Å²) in [5.41, 5.74) is 1.17. The highest BCUT2D eigenvalue weighted by molar-refractivity contribution is 7.90. The van der Waals surface area contributed by atoms with Gasteiger partial charge in [-0.3, -0.25) is 14.5 Å². The quantitative estimate of drug-likeness (QED) is 0.847. The molecule has 0 unspecified atom stereocenters. The van der Waals surface area contributed by atoms with Crippen LogP contribution in [0.4, 0.5) is 5.69 Å². The molecule has 7 heteroatoms. The summed E-state index contributed by atoms with van der Waals surface area (Å²) in [5.74, 6) is 0.176. The molecule has 1 aliphatic rings. The molecule has 1 heterocycles. The van der Waals surface area contributed by atoms with Gasteiger partial charge in [-0.1, -0.05) is 44.2 Å². The molecule has 0 aliphatic carbocycles. The highest BCUT2D eigenvalue weighted by atomic mass is 32.2. The minimum absolute atomic E-state index is 0.186. The number of amides is 1. The summed E-state index contributed by atoms with van der Waals surface area (Å²) in [7, 11) is -3.63. The first-order valence-electron chi connectivity index (χ1n) is 8.43. The average molecular weight is 371 g/mol. The first-order valence-corrected chi connectivity index (χ1v) is 9.91. The van der Waals surface area contributed by atoms with E-state index < -0.39 is 16.1 Å². The maximum atomic E-state index is 12.7. The molecule has 0 saturated carbocycles. The number of anilines is 1. The van der Waals surface area contributed by atoms with Crippen LogP contribution in [0.5, 0.6) is 0 Å². The predicted octanol–water partition coefficient (Wildman–Crippen LogP) is 2.78. The fraction of sp³-hybridized carbons (Fsp3) is 0.263. The van der Waals surface area contributed by atoms with Gasteiger partial charge >= 0.3 is 0 Å². The van der Waals surface area contributed by atoms with Gasteiger partial charge in [-0.15, -0.1) is 0 Å². The average Bonchev–Trinajstić information content (AvgIpc) is 2.86. The fourth-order valence-corrected chi connectivity index (χ4v) is 4.04. The molecular weight excluding hydrogens is 350 g/mol. The Morgan fingerprint density at radius 3 is 2.42 bits per heavy atom. The van der Waals surface area contributed by atoms with Gasteiger partial charge in [-0.05, 0) is 36.6 Å². The monoisotopic (exact) mass is 371 g/mol. The normalized spacial score (nSPS) is 17.6. The zero-order chi connectivity index (χ0) is 18.7. The van der Waals surface area contributed by atoms with E-state index in [2.05, 4.69) is 15.0 Å². The van der Waals surface area contributed by atoms with E-state index in [4.69, 9.17) is 0 Å². The summed E-state index contributed by atoms with van der Waals surface area (Å²) in [4.78, 5) is 17.4. The minimum atomic E-state index is -3.63. The first-order chi connectivity index (χ1) is 12.4. The van der Waals surface area contributed by atoms with E-state index in [1.54, 1.807) is 30.3 Å². The Labute approximate surface area is 153 Å². The first kappa shape index (κ1) is 18.1. The number of rotatable bonds is 5. The van der Waals surface area contributed by atoms with Gasteiger partial charge in [0.1, 0.15) is 11.9 Å². The van der Waals surface area contributed by atoms with Crippen molar-refractivity contribution in [1.82, 2.24) is 4.72 Å². The SMILES string of the molecule is CC(C)C[C@@H](N=C1NS(=O)(=O)c2ccccc21)C(=O)Nc1ccccc1. The molecule has 2 aromatic rings. The van der Waals surface area contributed by atoms with Crippen LogP contribution in [0, 0.1) is 5.92 Å². The molecular formula is C19H21N3O3S. The molecule has 0 radical (unpaired) electrons. The number of hydrogen-bond donors (Lipinski definition) is 2. The molecule has 1 atom stereocenters. The number of benzene rings is 2. The lowest BCUT2D eigenvalue weighted by Crippen LogP contribution is -2.31. The molecule has 3 rings (SSSR count). The van der Waals surface area contributed by atoms with Crippen LogP contribution < -0.4 is 10.0 Å². The lowest BCUT2D eigenvalue weighted by atomic mass is 10.0. The van der Waals surface area contributed by atoms with E-state index in [1.807, 2.05) is 32.0 Å². The van der Waals surface area contributed by atoms with Gasteiger partial charge in [-0.2, -0.15) is 0 Å². The maximum Gasteiger partial charge on any atom is 0.263 e. The van der Waals surface area contributed by atoms with Crippen molar-refractivity contribution in [2.24, 2.45) is 10.9 Å². The molecule has 1 aliphatic heterocycles. The summed E-state index contributed by atoms with van der Waals surface area (Å²) in [6.07, 6.45) is 0.506. The van der Waals surface area contributed by atoms with Crippen molar-refractivity contribution in [3.63, 3.8) is 0 Å². The molecule has 0 bridgehead atoms. The van der Waals surface area contributed by atoms with Crippen molar-refractivity contribution in [3.05, 3.63) is 60.2 Å². The Kier molecular flexibility index (Phi) is 5.08. The van der Waals surface area contributed by atoms with Gasteiger partial charge in [-0.25, -0.2) is 8.42 Å². The molecule has 6 nitrogen and oxygen atoms in total. The van der Waals surface area contributed by atoms with Gasteiger partial charge in [0.25, 0.3) is 10.0 Å². The predicted molar refractivity (Wildman–Crippen MR) is 102 cm³/mol. The highest BCUT2D eigenvalue weighted by Gasteiger charge is 2.32. The third-order valence-corrected chi connectivity index (χ3v) is 5.38. The molecule has 0 saturated heterocycles. The van der Waals surface area contributed by atoms with Crippen LogP contribution in [0.3, 0.4) is 0 Å². The number of fused-ring (bicyclic) bond motifs is 1. The number of carbonyl (C=O) groups is 1. The molecule has 0 spiro atoms. The van der Waals surface area contributed by atoms with Crippen molar-refractivity contribution in [2.75, 3.05) is 5.32 Å². The highest BCUT2D eigenvalue weighted by Crippen LogP contribution is 2.23. The number of sulfonamides is 1. The van der Waals surface area contributed by atoms with E-state index in [1.165, 1.54) is 6.07 Å². The minimum Gasteiger partial charge on any atom is -0.324 e. The molecule has 2 N–H and O–H groups in total. The summed E-state index contributed by atoms with van der Waals surface area (Å²) < 4.78 is 26.9. The van der Waals surface area contributed by atoms with Crippen LogP contribution in [0.15, 0.2) is 64.5 Å². The zero-order valence-corrected chi connectivity index (χ0v) is 15.5. The number of amidine groups is 1. The Balaban J connectivity index is 1.92. The fourth-order valence-electron chi connectivity index (χ4n) is 2.80. The van der Waals surface area contributed by atoms with Crippen molar-refractivity contribution >= 4 is 27.5 Å². The van der Waals surface area contributed by atoms with E-state index in [0.717, 1.165) is 0 Å². The third-order valence-electron chi connectivity index (χ3n) is 3.99. The van der Waals surface area contributed by atoms with Crippen molar-refractivity contribution < 1.29 is 13.2 Å². The zero-order valence-electron chi connectivity index (χ0n) is 14.6. The van der Waals surface area contributed by atoms with Gasteiger partial charge in [0.15, 0.2) is 0 Å². The van der Waals surface area contributed by atoms with Gasteiger partial charge in [0.2, 0.25) is 5.91 Å². The second kappa shape index (κ2) is 7.29. The largest absolute Gasteiger partial charge is 0.324 e. The Bertz CT molecular complexity index is 938. The maximum absolute atomic E-state index is 12.7. The standard InChI is InChI=1S/C19H21N3O3S/c1-13(2)12-16(19(23)20-14-8-4-3-5-9-14)21-18-15-10-6-7-11-17(15)26(24,25)22-18/h3-11,13,16H,12H2,1-2H3,(H,20,23)(H,21,22)/t16-/m1/s1. The van der Waals surface area contributed by atoms with Crippen LogP contribution in [0.2, 0.25) is 0 Å². The molecule has 0 aromatic heterocycles. The van der Waals surface area contributed by atoms with Crippen LogP contribution >= 0.6 is 0 Å². The van der Waals surface area contributed by atoms with Crippen LogP contribution in [0.1, 0.15) is 25.8 Å². The van der Waals surface area contributed by atoms with E-state index in [-0.39, 0.29) is 22.6 Å². The summed E-state index contributed by atoms with van der Waals surface area (Å²) >= 11 is 0. The third kappa shape index (κ3) is 3.94. The lowest BCUT2D eigenvalue weighted by molar-refractivity contribution is -0.117. The second-order valence-electron chi connectivity index (χ2n) is 6.58. The van der Waals surface area contributed by atoms with Gasteiger partial charge in [0.05, 0.1) is 4.90 Å². The molecule has 2 aromatic carbocycles. The number of carbonyl (C=O) groups excluding carboxylic acids is 1. The topological polar surface area (TPSA) is 87.6 Å². The Morgan fingerprint density at radius 1 is 1.08 bits per heavy atom. The number of aliphatic imine (C=N–C) groups is 1. The summed E-state index contributed by atoms with van der Waals surface area (Å²) in [5, 5.41) is 2.84. The number of nitrogens with one attached hydrogen (secondary N) is 2. The van der Waals surface area contributed by atoms with Crippen molar-refractivity contribution in [2.45, 2.75) is 31.2 Å². The van der Waals surface area contributed by atoms with Crippen molar-refractivity contribution in [3.8, 4) is 0 Å². The van der Waals surface area contributed by atoms with Crippen LogP contribution in [-0.4, -0.2) is 26.2 Å². The van der Waals surface area contributed by atoms with Crippen LogP contribution in [-0.2, 0) is 14.8 Å². The smallest absolute Gasteiger partial charge is 0.263 e. The van der Waals surface area contributed by atoms with E-state index >= 15 is 0 Å². The molecule has 136 valence electrons. The van der Waals surface area contributed by atoms with E-state index in [9.17, 15) is 13.2 Å². The number of hydrogen-bond acceptors (Lipinski definition) is 4.